The SMILES string of the molecule is CCCC(C=O)N1C(=O)c2ccccc2C1=O.CNC=O.CNCCOCc1ccc(COCCOC2CCN(Cc3cc(C=O)c(CN(C)c4cccc(C5(Cc6ncn[nH]6)COC5)c4)c(C(C)(F)F)c3)CC2)cc1. The number of benzene rings is 4. The van der Waals surface area contributed by atoms with Gasteiger partial charge in [0.15, 0.2) is 0 Å². The molecule has 0 aliphatic carbocycles. The van der Waals surface area contributed by atoms with E-state index in [9.17, 15) is 19.2 Å². The number of piperidine rings is 1. The van der Waals surface area contributed by atoms with E-state index in [0.29, 0.717) is 107 Å². The van der Waals surface area contributed by atoms with Crippen molar-refractivity contribution in [1.82, 2.24) is 35.6 Å². The number of nitrogens with one attached hydrogen (secondary N) is 3. The minimum Gasteiger partial charge on any atom is -0.379 e. The lowest BCUT2D eigenvalue weighted by Gasteiger charge is -2.42. The Morgan fingerprint density at radius 3 is 2.09 bits per heavy atom. The molecule has 3 N–H and O–H groups in total. The largest absolute Gasteiger partial charge is 0.379 e. The highest BCUT2D eigenvalue weighted by Gasteiger charge is 2.42. The van der Waals surface area contributed by atoms with Crippen LogP contribution in [0.5, 0.6) is 0 Å². The number of halogens is 2. The molecule has 0 bridgehead atoms. The predicted octanol–water partition coefficient (Wildman–Crippen LogP) is 6.82. The van der Waals surface area contributed by atoms with Crippen molar-refractivity contribution in [3.63, 3.8) is 0 Å². The number of carbonyl (C=O) groups excluding carboxylic acids is 5. The van der Waals surface area contributed by atoms with Gasteiger partial charge in [0.2, 0.25) is 6.41 Å². The van der Waals surface area contributed by atoms with Crippen LogP contribution in [-0.4, -0.2) is 142 Å². The van der Waals surface area contributed by atoms with Crippen LogP contribution in [0, 0.1) is 0 Å². The summed E-state index contributed by atoms with van der Waals surface area (Å²) in [6.45, 7) is 9.73. The lowest BCUT2D eigenvalue weighted by Crippen LogP contribution is -2.48. The zero-order valence-corrected chi connectivity index (χ0v) is 44.2. The van der Waals surface area contributed by atoms with Crippen molar-refractivity contribution in [1.29, 1.82) is 0 Å². The first-order valence-corrected chi connectivity index (χ1v) is 25.8. The van der Waals surface area contributed by atoms with Crippen molar-refractivity contribution in [3.8, 4) is 0 Å². The van der Waals surface area contributed by atoms with E-state index in [0.717, 1.165) is 78.9 Å². The fourth-order valence-electron chi connectivity index (χ4n) is 9.39. The maximum absolute atomic E-state index is 15.3. The quantitative estimate of drug-likeness (QED) is 0.0296. The van der Waals surface area contributed by atoms with Gasteiger partial charge in [-0.05, 0) is 90.5 Å². The maximum Gasteiger partial charge on any atom is 0.270 e. The molecule has 3 amide bonds. The highest BCUT2D eigenvalue weighted by atomic mass is 19.3. The van der Waals surface area contributed by atoms with Gasteiger partial charge in [0.25, 0.3) is 17.7 Å². The summed E-state index contributed by atoms with van der Waals surface area (Å²) in [5, 5.41) is 12.2. The highest BCUT2D eigenvalue weighted by Crippen LogP contribution is 2.38. The van der Waals surface area contributed by atoms with E-state index < -0.39 is 12.0 Å². The number of nitrogens with zero attached hydrogens (tertiary/aromatic N) is 5. The standard InChI is InChI=1S/C42H54F2N6O5.C13H13NO3.C2H5NO/c1-41(43,44)39-20-33(23-50-14-11-37(12-15-50)55-18-17-53-27-32-9-7-31(8-10-32)26-52-16-13-45-2)19-34(25-51)38(39)24-49(3)36-6-4-5-35(21-36)42(28-54-29-42)22-40-46-30-47-48-40;1-2-5-9(8-15)14-12(16)10-6-3-4-7-11(10)13(14)17;1-3-2-4/h4-10,19-21,25,30,37,45H,11-18,22-24,26-29H2,1-3H3,(H,46,47,48);3-4,6-9H,2,5H2,1H3;2H,1H3,(H,3,4). The number of aromatic nitrogens is 3. The monoisotopic (exact) mass is 1050 g/mol. The fraction of sp³-hybridized carbons (Fsp3) is 0.456. The number of alkyl halides is 2. The minimum atomic E-state index is -3.14. The van der Waals surface area contributed by atoms with E-state index in [1.165, 1.54) is 6.33 Å². The van der Waals surface area contributed by atoms with Crippen LogP contribution in [0.25, 0.3) is 0 Å². The molecule has 408 valence electrons. The number of carbonyl (C=O) groups is 5. The van der Waals surface area contributed by atoms with Gasteiger partial charge in [0.1, 0.15) is 24.7 Å². The average molecular weight is 1050 g/mol. The number of ether oxygens (including phenoxy) is 4. The normalized spacial score (nSPS) is 15.6. The van der Waals surface area contributed by atoms with Crippen molar-refractivity contribution < 1.29 is 51.7 Å². The predicted molar refractivity (Wildman–Crippen MR) is 283 cm³/mol. The van der Waals surface area contributed by atoms with Crippen LogP contribution >= 0.6 is 0 Å². The second-order valence-electron chi connectivity index (χ2n) is 19.3. The molecule has 76 heavy (non-hydrogen) atoms. The van der Waals surface area contributed by atoms with Gasteiger partial charge in [-0.2, -0.15) is 5.10 Å². The first-order chi connectivity index (χ1) is 36.8. The van der Waals surface area contributed by atoms with Crippen LogP contribution in [0.3, 0.4) is 0 Å². The number of hydrogen-bond donors (Lipinski definition) is 3. The van der Waals surface area contributed by atoms with Crippen LogP contribution in [0.4, 0.5) is 14.5 Å². The fourth-order valence-corrected chi connectivity index (χ4v) is 9.39. The molecule has 19 heteroatoms. The van der Waals surface area contributed by atoms with E-state index in [1.807, 2.05) is 38.1 Å². The summed E-state index contributed by atoms with van der Waals surface area (Å²) in [7, 11) is 5.33. The lowest BCUT2D eigenvalue weighted by molar-refractivity contribution is -0.111. The Hall–Kier alpha value is -6.61. The van der Waals surface area contributed by atoms with Gasteiger partial charge in [-0.15, -0.1) is 0 Å². The van der Waals surface area contributed by atoms with Crippen LogP contribution in [-0.2, 0) is 72.6 Å². The Morgan fingerprint density at radius 2 is 1.55 bits per heavy atom. The molecule has 0 radical (unpaired) electrons. The number of fused-ring (bicyclic) bond motifs is 1. The maximum atomic E-state index is 15.3. The van der Waals surface area contributed by atoms with Crippen LogP contribution in [0.2, 0.25) is 0 Å². The Labute approximate surface area is 444 Å². The molecule has 2 saturated heterocycles. The summed E-state index contributed by atoms with van der Waals surface area (Å²) >= 11 is 0. The number of rotatable bonds is 26. The number of imide groups is 1. The molecule has 3 aliphatic rings. The summed E-state index contributed by atoms with van der Waals surface area (Å²) in [5.41, 5.74) is 5.91. The van der Waals surface area contributed by atoms with Crippen molar-refractivity contribution in [2.75, 3.05) is 78.7 Å². The van der Waals surface area contributed by atoms with Gasteiger partial charge in [-0.3, -0.25) is 34.1 Å². The molecule has 2 fully saturated rings. The number of amides is 3. The van der Waals surface area contributed by atoms with Crippen molar-refractivity contribution >= 4 is 36.5 Å². The molecule has 1 atom stereocenters. The van der Waals surface area contributed by atoms with Crippen molar-refractivity contribution in [3.05, 3.63) is 147 Å². The van der Waals surface area contributed by atoms with Crippen LogP contribution in [0.1, 0.15) is 110 Å². The first kappa shape index (κ1) is 58.6. The average Bonchev–Trinajstić information content (AvgIpc) is 4.04. The van der Waals surface area contributed by atoms with Crippen molar-refractivity contribution in [2.24, 2.45) is 0 Å². The molecule has 1 aromatic heterocycles. The number of aromatic amines is 1. The molecule has 0 saturated carbocycles. The van der Waals surface area contributed by atoms with Gasteiger partial charge in [0, 0.05) is 82.4 Å². The molecule has 8 rings (SSSR count). The van der Waals surface area contributed by atoms with Crippen LogP contribution in [0.15, 0.2) is 91.3 Å². The Kier molecular flexibility index (Phi) is 22.4. The van der Waals surface area contributed by atoms with Crippen LogP contribution < -0.4 is 15.5 Å². The summed E-state index contributed by atoms with van der Waals surface area (Å²) in [6, 6.07) is 25.7. The highest BCUT2D eigenvalue weighted by molar-refractivity contribution is 6.22. The summed E-state index contributed by atoms with van der Waals surface area (Å²) in [5.74, 6) is -3.08. The number of hydrogen-bond acceptors (Lipinski definition) is 14. The van der Waals surface area contributed by atoms with E-state index in [1.54, 1.807) is 43.4 Å². The molecular formula is C57H72F2N8O9. The molecule has 3 aliphatic heterocycles. The molecule has 4 aromatic carbocycles. The van der Waals surface area contributed by atoms with Gasteiger partial charge < -0.3 is 39.3 Å². The third kappa shape index (κ3) is 16.0. The Bertz CT molecular complexity index is 2600. The topological polar surface area (TPSA) is 198 Å². The molecule has 5 aromatic rings. The second-order valence-corrected chi connectivity index (χ2v) is 19.3. The number of anilines is 1. The Morgan fingerprint density at radius 1 is 0.895 bits per heavy atom. The number of aldehydes is 2. The number of likely N-dealkylation sites (tertiary alicyclic amines) is 1. The lowest BCUT2D eigenvalue weighted by atomic mass is 9.75. The zero-order chi connectivity index (χ0) is 54.5. The van der Waals surface area contributed by atoms with E-state index >= 15 is 8.78 Å². The van der Waals surface area contributed by atoms with Gasteiger partial charge >= 0.3 is 0 Å². The first-order valence-electron chi connectivity index (χ1n) is 25.8. The molecule has 17 nitrogen and oxygen atoms in total. The van der Waals surface area contributed by atoms with E-state index in [-0.39, 0.29) is 41.0 Å². The number of likely N-dealkylation sites (N-methyl/N-ethyl adjacent to an activating group) is 1. The second kappa shape index (κ2) is 29.1. The molecular weight excluding hydrogens is 979 g/mol. The number of H-pyrrole nitrogens is 1. The van der Waals surface area contributed by atoms with Gasteiger partial charge in [-0.1, -0.05) is 61.9 Å². The summed E-state index contributed by atoms with van der Waals surface area (Å²) < 4.78 is 53.8. The third-order valence-electron chi connectivity index (χ3n) is 13.6. The summed E-state index contributed by atoms with van der Waals surface area (Å²) in [4.78, 5) is 66.1. The summed E-state index contributed by atoms with van der Waals surface area (Å²) in [6.07, 6.45) is 7.19. The van der Waals surface area contributed by atoms with Gasteiger partial charge in [-0.25, -0.2) is 13.8 Å². The van der Waals surface area contributed by atoms with E-state index in [2.05, 4.69) is 67.1 Å². The smallest absolute Gasteiger partial charge is 0.270 e. The molecule has 1 unspecified atom stereocenters. The molecule has 4 heterocycles. The Balaban J connectivity index is 0.000000371. The van der Waals surface area contributed by atoms with Crippen molar-refractivity contribution in [2.45, 2.75) is 95.7 Å². The van der Waals surface area contributed by atoms with Gasteiger partial charge in [0.05, 0.1) is 69.5 Å². The minimum absolute atomic E-state index is 0.118. The zero-order valence-electron chi connectivity index (χ0n) is 44.2. The third-order valence-corrected chi connectivity index (χ3v) is 13.6. The molecule has 0 spiro atoms. The van der Waals surface area contributed by atoms with E-state index in [4.69, 9.17) is 23.7 Å².